The molecule has 0 fully saturated rings. The summed E-state index contributed by atoms with van der Waals surface area (Å²) in [6.45, 7) is 6.46. The number of aromatic nitrogens is 3. The van der Waals surface area contributed by atoms with Crippen LogP contribution in [0.1, 0.15) is 32.4 Å². The van der Waals surface area contributed by atoms with E-state index in [2.05, 4.69) is 30.9 Å². The third-order valence-corrected chi connectivity index (χ3v) is 3.47. The number of fused-ring (bicyclic) bond motifs is 1. The predicted molar refractivity (Wildman–Crippen MR) is 84.7 cm³/mol. The molecule has 1 aromatic carbocycles. The van der Waals surface area contributed by atoms with Crippen molar-refractivity contribution in [1.82, 2.24) is 14.8 Å². The molecule has 2 aromatic heterocycles. The van der Waals surface area contributed by atoms with Gasteiger partial charge in [-0.15, -0.1) is 5.10 Å². The summed E-state index contributed by atoms with van der Waals surface area (Å²) >= 11 is 0. The van der Waals surface area contributed by atoms with Crippen molar-refractivity contribution >= 4 is 16.6 Å². The fourth-order valence-electron chi connectivity index (χ4n) is 2.21. The van der Waals surface area contributed by atoms with Gasteiger partial charge in [0.25, 0.3) is 0 Å². The third kappa shape index (κ3) is 2.64. The van der Waals surface area contributed by atoms with Gasteiger partial charge >= 0.3 is 0 Å². The molecule has 0 bridgehead atoms. The Morgan fingerprint density at radius 3 is 2.77 bits per heavy atom. The molecule has 0 spiro atoms. The summed E-state index contributed by atoms with van der Waals surface area (Å²) in [6, 6.07) is 5.62. The summed E-state index contributed by atoms with van der Waals surface area (Å²) in [5, 5.41) is 5.25. The zero-order chi connectivity index (χ0) is 15.9. The van der Waals surface area contributed by atoms with Crippen molar-refractivity contribution in [1.29, 1.82) is 0 Å². The molecule has 0 radical (unpaired) electrons. The molecule has 0 aliphatic carbocycles. The molecular weight excluding hydrogens is 280 g/mol. The Bertz CT molecular complexity index is 811. The van der Waals surface area contributed by atoms with Crippen LogP contribution in [0.4, 0.5) is 5.69 Å². The number of anilines is 1. The number of hydrogen-bond donors (Lipinski definition) is 1. The van der Waals surface area contributed by atoms with Crippen molar-refractivity contribution in [3.05, 3.63) is 36.0 Å². The Morgan fingerprint density at radius 1 is 1.32 bits per heavy atom. The molecule has 22 heavy (non-hydrogen) atoms. The van der Waals surface area contributed by atoms with E-state index in [-0.39, 0.29) is 12.0 Å². The first kappa shape index (κ1) is 14.4. The smallest absolute Gasteiger partial charge is 0.241 e. The van der Waals surface area contributed by atoms with Crippen LogP contribution in [0.25, 0.3) is 10.9 Å². The molecule has 2 N–H and O–H groups in total. The number of benzene rings is 1. The van der Waals surface area contributed by atoms with Gasteiger partial charge in [0.05, 0.1) is 17.1 Å². The van der Waals surface area contributed by atoms with Gasteiger partial charge in [0.15, 0.2) is 6.61 Å². The maximum Gasteiger partial charge on any atom is 0.241 e. The van der Waals surface area contributed by atoms with E-state index in [0.29, 0.717) is 17.5 Å². The van der Waals surface area contributed by atoms with Gasteiger partial charge < -0.3 is 14.9 Å². The Kier molecular flexibility index (Phi) is 3.31. The van der Waals surface area contributed by atoms with Crippen LogP contribution >= 0.6 is 0 Å². The van der Waals surface area contributed by atoms with E-state index in [1.54, 1.807) is 10.9 Å². The largest absolute Gasteiger partial charge is 0.466 e. The minimum Gasteiger partial charge on any atom is -0.466 e. The number of nitrogens with zero attached hydrogens (tertiary/aromatic N) is 3. The van der Waals surface area contributed by atoms with Crippen LogP contribution in [0.3, 0.4) is 0 Å². The van der Waals surface area contributed by atoms with E-state index in [9.17, 15) is 0 Å². The van der Waals surface area contributed by atoms with Crippen molar-refractivity contribution in [3.63, 3.8) is 0 Å². The Labute approximate surface area is 128 Å². The van der Waals surface area contributed by atoms with Gasteiger partial charge in [-0.2, -0.15) is 0 Å². The average Bonchev–Trinajstić information content (AvgIpc) is 3.01. The first-order valence-corrected chi connectivity index (χ1v) is 7.15. The summed E-state index contributed by atoms with van der Waals surface area (Å²) < 4.78 is 13.2. The van der Waals surface area contributed by atoms with Crippen molar-refractivity contribution in [2.75, 3.05) is 5.73 Å². The standard InChI is InChI=1S/C16H20N4O2/c1-16(2,3)13-8-18-14(22-13)9-21-15-11-7-10(17)5-6-12(11)20(4)19-15/h5-8H,9,17H2,1-4H3. The maximum atomic E-state index is 5.84. The Balaban J connectivity index is 1.82. The highest BCUT2D eigenvalue weighted by Gasteiger charge is 2.19. The monoisotopic (exact) mass is 300 g/mol. The number of aryl methyl sites for hydroxylation is 1. The maximum absolute atomic E-state index is 5.84. The molecular formula is C16H20N4O2. The van der Waals surface area contributed by atoms with Crippen LogP contribution in [0, 0.1) is 0 Å². The highest BCUT2D eigenvalue weighted by atomic mass is 16.5. The zero-order valence-corrected chi connectivity index (χ0v) is 13.3. The van der Waals surface area contributed by atoms with E-state index in [1.165, 1.54) is 0 Å². The van der Waals surface area contributed by atoms with Crippen LogP contribution in [-0.2, 0) is 19.1 Å². The fraction of sp³-hybridized carbons (Fsp3) is 0.375. The number of nitrogen functional groups attached to an aromatic ring is 1. The lowest BCUT2D eigenvalue weighted by molar-refractivity contribution is 0.244. The zero-order valence-electron chi connectivity index (χ0n) is 13.3. The number of ether oxygens (including phenoxy) is 1. The van der Waals surface area contributed by atoms with E-state index >= 15 is 0 Å². The third-order valence-electron chi connectivity index (χ3n) is 3.47. The van der Waals surface area contributed by atoms with Crippen LogP contribution in [0.15, 0.2) is 28.8 Å². The summed E-state index contributed by atoms with van der Waals surface area (Å²) in [5.41, 5.74) is 7.41. The van der Waals surface area contributed by atoms with E-state index in [4.69, 9.17) is 14.9 Å². The molecule has 0 saturated carbocycles. The van der Waals surface area contributed by atoms with Gasteiger partial charge in [-0.3, -0.25) is 4.68 Å². The van der Waals surface area contributed by atoms with Gasteiger partial charge in [0.1, 0.15) is 5.76 Å². The summed E-state index contributed by atoms with van der Waals surface area (Å²) in [4.78, 5) is 4.25. The first-order chi connectivity index (χ1) is 10.3. The molecule has 116 valence electrons. The first-order valence-electron chi connectivity index (χ1n) is 7.15. The number of oxazole rings is 1. The molecule has 6 nitrogen and oxygen atoms in total. The van der Waals surface area contributed by atoms with E-state index < -0.39 is 0 Å². The molecule has 2 heterocycles. The second-order valence-corrected chi connectivity index (χ2v) is 6.36. The predicted octanol–water partition coefficient (Wildman–Crippen LogP) is 3.02. The minimum atomic E-state index is -0.0720. The van der Waals surface area contributed by atoms with Gasteiger partial charge in [0, 0.05) is 18.2 Å². The molecule has 0 amide bonds. The molecule has 0 atom stereocenters. The van der Waals surface area contributed by atoms with Gasteiger partial charge in [-0.1, -0.05) is 20.8 Å². The highest BCUT2D eigenvalue weighted by Crippen LogP contribution is 2.27. The fourth-order valence-corrected chi connectivity index (χ4v) is 2.21. The summed E-state index contributed by atoms with van der Waals surface area (Å²) in [6.07, 6.45) is 1.74. The van der Waals surface area contributed by atoms with Crippen LogP contribution < -0.4 is 10.5 Å². The summed E-state index contributed by atoms with van der Waals surface area (Å²) in [7, 11) is 1.87. The Hall–Kier alpha value is -2.50. The van der Waals surface area contributed by atoms with Crippen molar-refractivity contribution in [2.45, 2.75) is 32.8 Å². The quantitative estimate of drug-likeness (QED) is 0.752. The number of nitrogens with two attached hydrogens (primary N) is 1. The summed E-state index contributed by atoms with van der Waals surface area (Å²) in [5.74, 6) is 1.90. The second-order valence-electron chi connectivity index (χ2n) is 6.36. The van der Waals surface area contributed by atoms with Crippen LogP contribution in [0.5, 0.6) is 5.88 Å². The molecule has 6 heteroatoms. The topological polar surface area (TPSA) is 79.1 Å². The molecule has 0 unspecified atom stereocenters. The van der Waals surface area contributed by atoms with Gasteiger partial charge in [-0.05, 0) is 18.2 Å². The van der Waals surface area contributed by atoms with E-state index in [0.717, 1.165) is 16.7 Å². The number of rotatable bonds is 3. The molecule has 3 rings (SSSR count). The average molecular weight is 300 g/mol. The van der Waals surface area contributed by atoms with Crippen molar-refractivity contribution < 1.29 is 9.15 Å². The van der Waals surface area contributed by atoms with Gasteiger partial charge in [-0.25, -0.2) is 4.98 Å². The lowest BCUT2D eigenvalue weighted by Crippen LogP contribution is -2.09. The van der Waals surface area contributed by atoms with Gasteiger partial charge in [0.2, 0.25) is 11.8 Å². The Morgan fingerprint density at radius 2 is 2.09 bits per heavy atom. The van der Waals surface area contributed by atoms with Crippen LogP contribution in [0.2, 0.25) is 0 Å². The van der Waals surface area contributed by atoms with Crippen molar-refractivity contribution in [3.8, 4) is 5.88 Å². The SMILES string of the molecule is Cn1nc(OCc2ncc(C(C)(C)C)o2)c2cc(N)ccc21. The van der Waals surface area contributed by atoms with Crippen LogP contribution in [-0.4, -0.2) is 14.8 Å². The molecule has 0 aliphatic rings. The number of hydrogen-bond acceptors (Lipinski definition) is 5. The molecule has 3 aromatic rings. The lowest BCUT2D eigenvalue weighted by Gasteiger charge is -2.13. The molecule has 0 saturated heterocycles. The highest BCUT2D eigenvalue weighted by molar-refractivity contribution is 5.87. The lowest BCUT2D eigenvalue weighted by atomic mass is 9.94. The molecule has 0 aliphatic heterocycles. The van der Waals surface area contributed by atoms with E-state index in [1.807, 2.05) is 25.2 Å². The normalized spacial score (nSPS) is 12.0. The van der Waals surface area contributed by atoms with Crippen molar-refractivity contribution in [2.24, 2.45) is 7.05 Å². The minimum absolute atomic E-state index is 0.0720. The second kappa shape index (κ2) is 5.05.